The quantitative estimate of drug-likeness (QED) is 0.118. The Morgan fingerprint density at radius 3 is 1.52 bits per heavy atom. The number of aromatic nitrogens is 3. The lowest BCUT2D eigenvalue weighted by Crippen LogP contribution is -1.97. The van der Waals surface area contributed by atoms with Crippen LogP contribution in [0.5, 0.6) is 0 Å². The van der Waals surface area contributed by atoms with Crippen LogP contribution in [0, 0.1) is 0 Å². The predicted octanol–water partition coefficient (Wildman–Crippen LogP) is 18.2. The zero-order valence-electron chi connectivity index (χ0n) is 38.7. The van der Waals surface area contributed by atoms with E-state index in [0.29, 0.717) is 5.82 Å². The second-order valence-corrected chi connectivity index (χ2v) is 18.4. The van der Waals surface area contributed by atoms with E-state index in [1.54, 1.807) is 0 Å². The predicted molar refractivity (Wildman–Crippen MR) is 299 cm³/mol. The van der Waals surface area contributed by atoms with Crippen molar-refractivity contribution in [2.24, 2.45) is 0 Å². The highest BCUT2D eigenvalue weighted by atomic mass is 15.0. The van der Waals surface area contributed by atoms with Crippen molar-refractivity contribution in [2.75, 3.05) is 0 Å². The van der Waals surface area contributed by atoms with Crippen LogP contribution in [0.3, 0.4) is 0 Å². The van der Waals surface area contributed by atoms with E-state index in [-0.39, 0.29) is 0 Å². The van der Waals surface area contributed by atoms with Crippen LogP contribution in [0.4, 0.5) is 0 Å². The van der Waals surface area contributed by atoms with Gasteiger partial charge >= 0.3 is 0 Å². The maximum atomic E-state index is 5.37. The van der Waals surface area contributed by atoms with Crippen LogP contribution in [0.1, 0.15) is 0 Å². The molecule has 0 N–H and O–H groups in total. The molecule has 0 aliphatic carbocycles. The molecule has 0 saturated carbocycles. The molecule has 0 aliphatic rings. The van der Waals surface area contributed by atoms with Gasteiger partial charge in [0, 0.05) is 33.2 Å². The standard InChI is InChI=1S/C68H43N3/c1-4-20-46(21-5-1)65-56-30-15-14-29-55(56)64(59-40-39-44-19-10-11-26-51(44)67(59)65)47-37-35-45(36-38-47)50-41-42-54(53-28-13-12-27-52(50)53)60-43-61(70-68(69-60)48-22-6-2-7-23-48)57-32-18-34-63-66(57)58-31-16-17-33-62(58)71(63)49-24-8-3-9-25-49/h1-43H. The molecule has 0 aliphatic heterocycles. The maximum absolute atomic E-state index is 5.37. The van der Waals surface area contributed by atoms with Crippen LogP contribution in [-0.4, -0.2) is 14.5 Å². The van der Waals surface area contributed by atoms with E-state index in [2.05, 4.69) is 259 Å². The highest BCUT2D eigenvalue weighted by molar-refractivity contribution is 6.28. The SMILES string of the molecule is c1ccc(-c2nc(-c3ccc(-c4ccc(-c5c6ccccc6c(-c6ccccc6)c6c5ccc5ccccc56)cc4)c4ccccc34)cc(-c3cccc4c3c3ccccc3n4-c3ccccc3)n2)cc1. The minimum absolute atomic E-state index is 0.690. The largest absolute Gasteiger partial charge is 0.309 e. The summed E-state index contributed by atoms with van der Waals surface area (Å²) in [5.41, 5.74) is 15.5. The fourth-order valence-corrected chi connectivity index (χ4v) is 11.3. The molecule has 3 heteroatoms. The number of hydrogen-bond acceptors (Lipinski definition) is 2. The normalized spacial score (nSPS) is 11.7. The number of benzene rings is 12. The van der Waals surface area contributed by atoms with Gasteiger partial charge in [-0.1, -0.05) is 231 Å². The molecule has 0 spiro atoms. The van der Waals surface area contributed by atoms with Crippen molar-refractivity contribution in [3.63, 3.8) is 0 Å². The first-order valence-corrected chi connectivity index (χ1v) is 24.3. The van der Waals surface area contributed by atoms with Crippen LogP contribution in [-0.2, 0) is 0 Å². The van der Waals surface area contributed by atoms with Gasteiger partial charge in [-0.05, 0) is 107 Å². The summed E-state index contributed by atoms with van der Waals surface area (Å²) >= 11 is 0. The van der Waals surface area contributed by atoms with Crippen LogP contribution >= 0.6 is 0 Å². The smallest absolute Gasteiger partial charge is 0.160 e. The molecule has 0 unspecified atom stereocenters. The number of fused-ring (bicyclic) bond motifs is 8. The van der Waals surface area contributed by atoms with Crippen LogP contribution < -0.4 is 0 Å². The van der Waals surface area contributed by atoms with Crippen molar-refractivity contribution < 1.29 is 0 Å². The lowest BCUT2D eigenvalue weighted by Gasteiger charge is -2.19. The Morgan fingerprint density at radius 2 is 0.789 bits per heavy atom. The molecule has 0 atom stereocenters. The Kier molecular flexibility index (Phi) is 9.53. The van der Waals surface area contributed by atoms with Crippen molar-refractivity contribution in [3.8, 4) is 73.0 Å². The molecule has 0 fully saturated rings. The van der Waals surface area contributed by atoms with Gasteiger partial charge in [-0.3, -0.25) is 0 Å². The number of rotatable bonds is 7. The van der Waals surface area contributed by atoms with Gasteiger partial charge in [0.05, 0.1) is 22.4 Å². The van der Waals surface area contributed by atoms with Crippen LogP contribution in [0.15, 0.2) is 261 Å². The van der Waals surface area contributed by atoms with Crippen molar-refractivity contribution in [1.29, 1.82) is 0 Å². The van der Waals surface area contributed by atoms with Crippen LogP contribution in [0.25, 0.3) is 138 Å². The third kappa shape index (κ3) is 6.66. The van der Waals surface area contributed by atoms with Gasteiger partial charge in [-0.2, -0.15) is 0 Å². The number of hydrogen-bond donors (Lipinski definition) is 0. The zero-order valence-corrected chi connectivity index (χ0v) is 38.7. The Morgan fingerprint density at radius 1 is 0.268 bits per heavy atom. The summed E-state index contributed by atoms with van der Waals surface area (Å²) in [5, 5.41) is 12.2. The summed E-state index contributed by atoms with van der Waals surface area (Å²) in [4.78, 5) is 10.7. The molecule has 0 saturated heterocycles. The highest BCUT2D eigenvalue weighted by Crippen LogP contribution is 2.47. The fraction of sp³-hybridized carbons (Fsp3) is 0. The van der Waals surface area contributed by atoms with E-state index in [4.69, 9.17) is 9.97 Å². The number of para-hydroxylation sites is 2. The summed E-state index contributed by atoms with van der Waals surface area (Å²) in [5.74, 6) is 0.690. The summed E-state index contributed by atoms with van der Waals surface area (Å²) in [6.45, 7) is 0. The Bertz CT molecular complexity index is 4370. The van der Waals surface area contributed by atoms with E-state index in [0.717, 1.165) is 55.7 Å². The molecule has 2 heterocycles. The fourth-order valence-electron chi connectivity index (χ4n) is 11.3. The van der Waals surface area contributed by atoms with E-state index in [1.807, 2.05) is 6.07 Å². The molecular formula is C68H43N3. The topological polar surface area (TPSA) is 30.7 Å². The molecule has 12 aromatic carbocycles. The molecule has 0 amide bonds. The van der Waals surface area contributed by atoms with Crippen molar-refractivity contribution in [1.82, 2.24) is 14.5 Å². The monoisotopic (exact) mass is 901 g/mol. The average Bonchev–Trinajstić information content (AvgIpc) is 3.79. The second kappa shape index (κ2) is 16.7. The van der Waals surface area contributed by atoms with E-state index < -0.39 is 0 Å². The lowest BCUT2D eigenvalue weighted by atomic mass is 9.83. The maximum Gasteiger partial charge on any atom is 0.160 e. The molecule has 330 valence electrons. The van der Waals surface area contributed by atoms with Gasteiger partial charge in [0.15, 0.2) is 5.82 Å². The van der Waals surface area contributed by atoms with Gasteiger partial charge in [0.25, 0.3) is 0 Å². The van der Waals surface area contributed by atoms with Gasteiger partial charge < -0.3 is 4.57 Å². The molecule has 14 aromatic rings. The van der Waals surface area contributed by atoms with Gasteiger partial charge in [-0.25, -0.2) is 9.97 Å². The molecule has 0 bridgehead atoms. The second-order valence-electron chi connectivity index (χ2n) is 18.4. The van der Waals surface area contributed by atoms with Crippen LogP contribution in [0.2, 0.25) is 0 Å². The van der Waals surface area contributed by atoms with Crippen molar-refractivity contribution in [3.05, 3.63) is 261 Å². The zero-order chi connectivity index (χ0) is 46.8. The number of nitrogens with zero attached hydrogens (tertiary/aromatic N) is 3. The lowest BCUT2D eigenvalue weighted by molar-refractivity contribution is 1.18. The summed E-state index contributed by atoms with van der Waals surface area (Å²) in [6, 6.07) is 94.1. The molecule has 3 nitrogen and oxygen atoms in total. The molecule has 0 radical (unpaired) electrons. The first kappa shape index (κ1) is 40.6. The first-order valence-electron chi connectivity index (χ1n) is 24.3. The van der Waals surface area contributed by atoms with E-state index in [1.165, 1.54) is 76.3 Å². The van der Waals surface area contributed by atoms with Crippen molar-refractivity contribution in [2.45, 2.75) is 0 Å². The van der Waals surface area contributed by atoms with Crippen molar-refractivity contribution >= 4 is 64.9 Å². The molecular weight excluding hydrogens is 859 g/mol. The Hall–Kier alpha value is -9.44. The van der Waals surface area contributed by atoms with Gasteiger partial charge in [0.2, 0.25) is 0 Å². The highest BCUT2D eigenvalue weighted by Gasteiger charge is 2.22. The third-order valence-electron chi connectivity index (χ3n) is 14.4. The minimum atomic E-state index is 0.690. The summed E-state index contributed by atoms with van der Waals surface area (Å²) < 4.78 is 2.36. The summed E-state index contributed by atoms with van der Waals surface area (Å²) in [7, 11) is 0. The Labute approximate surface area is 411 Å². The van der Waals surface area contributed by atoms with E-state index in [9.17, 15) is 0 Å². The van der Waals surface area contributed by atoms with Gasteiger partial charge in [-0.15, -0.1) is 0 Å². The average molecular weight is 902 g/mol. The third-order valence-corrected chi connectivity index (χ3v) is 14.4. The first-order chi connectivity index (χ1) is 35.2. The van der Waals surface area contributed by atoms with E-state index >= 15 is 0 Å². The molecule has 71 heavy (non-hydrogen) atoms. The summed E-state index contributed by atoms with van der Waals surface area (Å²) in [6.07, 6.45) is 0. The Balaban J connectivity index is 0.927. The molecule has 14 rings (SSSR count). The van der Waals surface area contributed by atoms with Gasteiger partial charge in [0.1, 0.15) is 0 Å². The minimum Gasteiger partial charge on any atom is -0.309 e. The molecule has 2 aromatic heterocycles.